The van der Waals surface area contributed by atoms with E-state index in [9.17, 15) is 0 Å². The molecule has 0 radical (unpaired) electrons. The predicted octanol–water partition coefficient (Wildman–Crippen LogP) is 3.06. The molecule has 4 atom stereocenters. The molecule has 2 fully saturated rings. The van der Waals surface area contributed by atoms with Gasteiger partial charge in [0.25, 0.3) is 0 Å². The monoisotopic (exact) mass is 273 g/mol. The summed E-state index contributed by atoms with van der Waals surface area (Å²) in [7, 11) is 0. The normalized spacial score (nSPS) is 31.6. The molecule has 2 saturated carbocycles. The second-order valence-corrected chi connectivity index (χ2v) is 6.72. The van der Waals surface area contributed by atoms with Gasteiger partial charge in [-0.3, -0.25) is 16.3 Å². The van der Waals surface area contributed by atoms with Crippen molar-refractivity contribution in [2.24, 2.45) is 23.6 Å². The summed E-state index contributed by atoms with van der Waals surface area (Å²) in [5.41, 5.74) is 4.38. The highest BCUT2D eigenvalue weighted by atomic mass is 15.2. The van der Waals surface area contributed by atoms with Crippen LogP contribution >= 0.6 is 0 Å². The van der Waals surface area contributed by atoms with Gasteiger partial charge in [-0.15, -0.1) is 0 Å². The van der Waals surface area contributed by atoms with Crippen LogP contribution in [-0.4, -0.2) is 11.0 Å². The molecule has 3 nitrogen and oxygen atoms in total. The summed E-state index contributed by atoms with van der Waals surface area (Å²) in [5.74, 6) is 8.56. The third-order valence-corrected chi connectivity index (χ3v) is 5.54. The van der Waals surface area contributed by atoms with E-state index in [1.54, 1.807) is 0 Å². The van der Waals surface area contributed by atoms with E-state index >= 15 is 0 Å². The first-order valence-electron chi connectivity index (χ1n) is 8.22. The van der Waals surface area contributed by atoms with Gasteiger partial charge in [0.15, 0.2) is 0 Å². The minimum atomic E-state index is 0.405. The van der Waals surface area contributed by atoms with Crippen molar-refractivity contribution in [3.63, 3.8) is 0 Å². The zero-order chi connectivity index (χ0) is 13.8. The lowest BCUT2D eigenvalue weighted by Crippen LogP contribution is -2.45. The van der Waals surface area contributed by atoms with Gasteiger partial charge in [0.05, 0.1) is 0 Å². The molecule has 1 aromatic heterocycles. The van der Waals surface area contributed by atoms with Gasteiger partial charge in [0.1, 0.15) is 0 Å². The molecule has 3 rings (SSSR count). The van der Waals surface area contributed by atoms with Crippen LogP contribution in [-0.2, 0) is 6.42 Å². The zero-order valence-corrected chi connectivity index (χ0v) is 12.3. The van der Waals surface area contributed by atoms with Gasteiger partial charge >= 0.3 is 0 Å². The maximum absolute atomic E-state index is 5.85. The molecule has 110 valence electrons. The maximum atomic E-state index is 5.85. The van der Waals surface area contributed by atoms with E-state index < -0.39 is 0 Å². The first-order chi connectivity index (χ1) is 9.86. The molecule has 2 aliphatic rings. The Bertz CT molecular complexity index is 406. The van der Waals surface area contributed by atoms with Gasteiger partial charge in [-0.05, 0) is 55.1 Å². The fraction of sp³-hybridized carbons (Fsp3) is 0.706. The summed E-state index contributed by atoms with van der Waals surface area (Å²) in [4.78, 5) is 4.21. The van der Waals surface area contributed by atoms with Gasteiger partial charge in [0.2, 0.25) is 0 Å². The van der Waals surface area contributed by atoms with E-state index in [0.717, 1.165) is 24.2 Å². The number of nitrogens with two attached hydrogens (primary N) is 1. The highest BCUT2D eigenvalue weighted by Crippen LogP contribution is 2.43. The minimum Gasteiger partial charge on any atom is -0.271 e. The Kier molecular flexibility index (Phi) is 4.69. The van der Waals surface area contributed by atoms with Crippen molar-refractivity contribution < 1.29 is 0 Å². The van der Waals surface area contributed by atoms with Crippen LogP contribution in [0.15, 0.2) is 24.5 Å². The van der Waals surface area contributed by atoms with E-state index in [1.807, 2.05) is 18.5 Å². The Hall–Kier alpha value is -0.930. The number of rotatable bonds is 4. The van der Waals surface area contributed by atoms with Gasteiger partial charge in [-0.25, -0.2) is 0 Å². The van der Waals surface area contributed by atoms with Crippen LogP contribution in [0.2, 0.25) is 0 Å². The summed E-state index contributed by atoms with van der Waals surface area (Å²) in [6, 6.07) is 4.58. The Morgan fingerprint density at radius 1 is 1.20 bits per heavy atom. The molecule has 20 heavy (non-hydrogen) atoms. The van der Waals surface area contributed by atoms with Gasteiger partial charge < -0.3 is 0 Å². The fourth-order valence-corrected chi connectivity index (χ4v) is 4.41. The largest absolute Gasteiger partial charge is 0.271 e. The van der Waals surface area contributed by atoms with Crippen molar-refractivity contribution in [2.45, 2.75) is 57.4 Å². The topological polar surface area (TPSA) is 50.9 Å². The third kappa shape index (κ3) is 3.21. The van der Waals surface area contributed by atoms with Crippen molar-refractivity contribution in [2.75, 3.05) is 0 Å². The molecule has 1 heterocycles. The third-order valence-electron chi connectivity index (χ3n) is 5.54. The van der Waals surface area contributed by atoms with Gasteiger partial charge in [-0.1, -0.05) is 31.7 Å². The van der Waals surface area contributed by atoms with Crippen molar-refractivity contribution >= 4 is 0 Å². The summed E-state index contributed by atoms with van der Waals surface area (Å²) in [5, 5.41) is 0. The summed E-state index contributed by atoms with van der Waals surface area (Å²) in [6.45, 7) is 0. The number of hydrazine groups is 1. The molecule has 0 aromatic carbocycles. The Balaban J connectivity index is 1.61. The Morgan fingerprint density at radius 2 is 2.05 bits per heavy atom. The average Bonchev–Trinajstić information content (AvgIpc) is 2.53. The summed E-state index contributed by atoms with van der Waals surface area (Å²) in [6.07, 6.45) is 14.8. The standard InChI is InChI=1S/C17H27N3/c18-20-17(10-13-4-3-9-19-12-13)16-8-7-14-5-1-2-6-15(14)11-16/h3-4,9,12,14-17,20H,1-2,5-8,10-11,18H2. The molecule has 0 aliphatic heterocycles. The van der Waals surface area contributed by atoms with Gasteiger partial charge in [-0.2, -0.15) is 0 Å². The molecule has 2 aliphatic carbocycles. The Labute approximate surface area is 122 Å². The van der Waals surface area contributed by atoms with Crippen molar-refractivity contribution in [3.8, 4) is 0 Å². The average molecular weight is 273 g/mol. The first-order valence-corrected chi connectivity index (χ1v) is 8.22. The van der Waals surface area contributed by atoms with Crippen LogP contribution in [0.25, 0.3) is 0 Å². The zero-order valence-electron chi connectivity index (χ0n) is 12.3. The summed E-state index contributed by atoms with van der Waals surface area (Å²) >= 11 is 0. The minimum absolute atomic E-state index is 0.405. The lowest BCUT2D eigenvalue weighted by atomic mass is 9.66. The van der Waals surface area contributed by atoms with Crippen LogP contribution in [0, 0.1) is 17.8 Å². The lowest BCUT2D eigenvalue weighted by molar-refractivity contribution is 0.109. The van der Waals surface area contributed by atoms with Crippen LogP contribution in [0.4, 0.5) is 0 Å². The lowest BCUT2D eigenvalue weighted by Gasteiger charge is -2.41. The molecule has 0 bridgehead atoms. The number of aromatic nitrogens is 1. The highest BCUT2D eigenvalue weighted by Gasteiger charge is 2.35. The van der Waals surface area contributed by atoms with Crippen molar-refractivity contribution in [3.05, 3.63) is 30.1 Å². The summed E-state index contributed by atoms with van der Waals surface area (Å²) < 4.78 is 0. The van der Waals surface area contributed by atoms with E-state index in [1.165, 1.54) is 50.5 Å². The van der Waals surface area contributed by atoms with E-state index in [-0.39, 0.29) is 0 Å². The molecule has 0 saturated heterocycles. The molecule has 4 unspecified atom stereocenters. The SMILES string of the molecule is NNC(Cc1cccnc1)C1CCC2CCCCC2C1. The Morgan fingerprint density at radius 3 is 2.80 bits per heavy atom. The van der Waals surface area contributed by atoms with Crippen LogP contribution in [0.3, 0.4) is 0 Å². The number of hydrogen-bond acceptors (Lipinski definition) is 3. The van der Waals surface area contributed by atoms with Crippen LogP contribution < -0.4 is 11.3 Å². The molecular formula is C17H27N3. The van der Waals surface area contributed by atoms with E-state index in [4.69, 9.17) is 5.84 Å². The van der Waals surface area contributed by atoms with Crippen molar-refractivity contribution in [1.29, 1.82) is 0 Å². The van der Waals surface area contributed by atoms with Crippen LogP contribution in [0.5, 0.6) is 0 Å². The quantitative estimate of drug-likeness (QED) is 0.655. The fourth-order valence-electron chi connectivity index (χ4n) is 4.41. The highest BCUT2D eigenvalue weighted by molar-refractivity contribution is 5.10. The van der Waals surface area contributed by atoms with E-state index in [0.29, 0.717) is 6.04 Å². The van der Waals surface area contributed by atoms with Crippen molar-refractivity contribution in [1.82, 2.24) is 10.4 Å². The second-order valence-electron chi connectivity index (χ2n) is 6.72. The molecule has 3 N–H and O–H groups in total. The number of nitrogens with one attached hydrogen (secondary N) is 1. The smallest absolute Gasteiger partial charge is 0.0300 e. The number of pyridine rings is 1. The van der Waals surface area contributed by atoms with Crippen LogP contribution in [0.1, 0.15) is 50.5 Å². The van der Waals surface area contributed by atoms with E-state index in [2.05, 4.69) is 16.5 Å². The van der Waals surface area contributed by atoms with Gasteiger partial charge in [0, 0.05) is 18.4 Å². The molecular weight excluding hydrogens is 246 g/mol. The first kappa shape index (κ1) is 14.0. The second kappa shape index (κ2) is 6.68. The predicted molar refractivity (Wildman–Crippen MR) is 81.8 cm³/mol. The maximum Gasteiger partial charge on any atom is 0.0300 e. The molecule has 1 aromatic rings. The number of nitrogens with zero attached hydrogens (tertiary/aromatic N) is 1. The molecule has 0 spiro atoms. The number of fused-ring (bicyclic) bond motifs is 1. The number of hydrogen-bond donors (Lipinski definition) is 2. The molecule has 3 heteroatoms. The molecule has 0 amide bonds.